The second-order valence-corrected chi connectivity index (χ2v) is 30.6. The molecule has 0 aliphatic heterocycles. The molecule has 11 heteroatoms. The molecule has 0 aliphatic rings. The summed E-state index contributed by atoms with van der Waals surface area (Å²) in [6.45, 7) is 11.2. The number of nitrogens with zero attached hydrogens (tertiary/aromatic N) is 4. The average molecular weight is 1800 g/mol. The maximum Gasteiger partial charge on any atom is 0.188 e. The van der Waals surface area contributed by atoms with E-state index in [4.69, 9.17) is 75.0 Å². The average Bonchev–Trinajstić information content (AvgIpc) is 1.67. The SMILES string of the molecule is CC#CC#CC#CC#CC#CC#CC#CC#CC#CC#CC#CC#CC#CC#CC#CC#CC#CC#CC#CC#CC#CC#CC#CC#CC#CC#CC#Cn1c([S-])c([S-])n(CCCCCCCCCCCCCCCCCC)c1=S.CCCCCCCCCCCCCCCCCCn1c([S-])c([S-])n(CCCCCCCCCCCCCCCCCC)c1=S.[Ni]. The van der Waals surface area contributed by atoms with Crippen LogP contribution >= 0.6 is 24.4 Å². The van der Waals surface area contributed by atoms with E-state index in [9.17, 15) is 0 Å². The van der Waals surface area contributed by atoms with Crippen molar-refractivity contribution in [3.8, 4) is 320 Å². The fourth-order valence-corrected chi connectivity index (χ4v) is 13.9. The molecule has 0 atom stereocenters. The van der Waals surface area contributed by atoms with Gasteiger partial charge in [-0.15, -0.1) is 15.1 Å². The molecule has 4 nitrogen and oxygen atoms in total. The van der Waals surface area contributed by atoms with Crippen LogP contribution in [0.25, 0.3) is 0 Å². The van der Waals surface area contributed by atoms with E-state index in [-0.39, 0.29) is 16.5 Å². The zero-order valence-electron chi connectivity index (χ0n) is 74.6. The molecule has 644 valence electrons. The van der Waals surface area contributed by atoms with Crippen LogP contribution in [0.5, 0.6) is 0 Å². The summed E-state index contributed by atoms with van der Waals surface area (Å²) in [7, 11) is 0. The fourth-order valence-electron chi connectivity index (χ4n) is 11.9. The van der Waals surface area contributed by atoms with E-state index in [1.807, 2.05) is 4.57 Å². The molecule has 0 spiro atoms. The zero-order chi connectivity index (χ0) is 90.0. The quantitative estimate of drug-likeness (QED) is 0.0215. The molecule has 0 unspecified atom stereocenters. The summed E-state index contributed by atoms with van der Waals surface area (Å²) < 4.78 is 9.06. The van der Waals surface area contributed by atoms with Crippen LogP contribution in [0.15, 0.2) is 20.1 Å². The van der Waals surface area contributed by atoms with E-state index in [1.165, 1.54) is 287 Å². The summed E-state index contributed by atoms with van der Waals surface area (Å²) in [5.41, 5.74) is 0. The van der Waals surface area contributed by atoms with Crippen molar-refractivity contribution in [2.75, 3.05) is 0 Å². The Hall–Kier alpha value is -11.6. The molecule has 126 heavy (non-hydrogen) atoms. The maximum atomic E-state index is 5.81. The van der Waals surface area contributed by atoms with Gasteiger partial charge in [0.05, 0.1) is 0 Å². The van der Waals surface area contributed by atoms with E-state index in [0.717, 1.165) is 60.1 Å². The minimum atomic E-state index is 0. The first-order valence-corrected chi connectivity index (χ1v) is 47.0. The topological polar surface area (TPSA) is 19.7 Å². The Balaban J connectivity index is 0.00000292. The van der Waals surface area contributed by atoms with Crippen molar-refractivity contribution < 1.29 is 16.5 Å². The van der Waals surface area contributed by atoms with Crippen LogP contribution in [0.1, 0.15) is 336 Å². The minimum absolute atomic E-state index is 0. The smallest absolute Gasteiger partial charge is 0.188 e. The van der Waals surface area contributed by atoms with E-state index in [0.29, 0.717) is 14.8 Å². The molecule has 0 radical (unpaired) electrons. The van der Waals surface area contributed by atoms with Crippen LogP contribution in [0.4, 0.5) is 0 Å². The third-order valence-electron chi connectivity index (χ3n) is 18.4. The van der Waals surface area contributed by atoms with E-state index < -0.39 is 0 Å². The molecule has 0 fully saturated rings. The Kier molecular flexibility index (Phi) is 85.3. The number of imidazole rings is 2. The largest absolute Gasteiger partial charge is 0.762 e. The molecule has 0 bridgehead atoms. The second kappa shape index (κ2) is 94.0. The fraction of sp³-hybridized carbons (Fsp3) is 0.478. The van der Waals surface area contributed by atoms with Gasteiger partial charge in [0.15, 0.2) is 9.54 Å². The van der Waals surface area contributed by atoms with Gasteiger partial charge in [0.1, 0.15) is 0 Å². The van der Waals surface area contributed by atoms with E-state index in [1.54, 1.807) is 6.92 Å². The van der Waals surface area contributed by atoms with Crippen molar-refractivity contribution in [1.29, 1.82) is 0 Å². The normalized spacial score (nSPS) is 8.19. The summed E-state index contributed by atoms with van der Waals surface area (Å²) in [4.78, 5) is 0. The molecule has 2 heterocycles. The van der Waals surface area contributed by atoms with Crippen molar-refractivity contribution in [3.63, 3.8) is 0 Å². The Morgan fingerprint density at radius 2 is 0.302 bits per heavy atom. The Morgan fingerprint density at radius 1 is 0.175 bits per heavy atom. The summed E-state index contributed by atoms with van der Waals surface area (Å²) >= 11 is 33.9. The van der Waals surface area contributed by atoms with Crippen molar-refractivity contribution in [2.45, 2.75) is 376 Å². The van der Waals surface area contributed by atoms with Gasteiger partial charge in [-0.3, -0.25) is 4.57 Å². The summed E-state index contributed by atoms with van der Waals surface area (Å²) in [5, 5.41) is 2.54. The Morgan fingerprint density at radius 3 is 0.460 bits per heavy atom. The first kappa shape index (κ1) is 114. The number of hydrogen-bond acceptors (Lipinski definition) is 6. The molecule has 0 aromatic carbocycles. The standard InChI is InChI=1S/C76H42N2S3.C39H76N2S3.Ni/c1-3-5-7-9-11-13-15-17-19-21-22-23-24-25-26-27-28-29-30-31-32-33-34-35-36-37-38-39-40-41-42-43-44-45-46-47-48-49-50-51-52-53-54-55-56-57-59-61-63-65-67-69-71-73-78-75(80)74(79)77(76(78)81)72-70-68-66-64-62-60-58-20-18-16-14-12-10-8-6-4-2;1-3-5-7-9-11-13-15-17-19-21-23-25-27-29-31-33-35-40-37(42)38(43)41(39(40)44)36-34-32-30-28-26-24-22-20-18-16-14-12-10-8-6-4-2;/h79-80H,4,6,8,10,12,14,16,18,20,58,60,62,64,66,68,70,72H2,1-2H3;42-43H,3-36H2,1-2H3;/p-4. The van der Waals surface area contributed by atoms with Gasteiger partial charge >= 0.3 is 0 Å². The number of rotatable bonds is 51. The van der Waals surface area contributed by atoms with Crippen LogP contribution in [0.2, 0.25) is 0 Å². The van der Waals surface area contributed by atoms with E-state index in [2.05, 4.69) is 350 Å². The summed E-state index contributed by atoms with van der Waals surface area (Å²) in [5.74, 6) is 134. The molecule has 0 N–H and O–H groups in total. The van der Waals surface area contributed by atoms with Crippen molar-refractivity contribution in [3.05, 3.63) is 9.54 Å². The first-order valence-electron chi connectivity index (χ1n) is 44.6. The van der Waals surface area contributed by atoms with Gasteiger partial charge in [-0.2, -0.15) is 0 Å². The van der Waals surface area contributed by atoms with Crippen LogP contribution in [-0.2, 0) is 86.6 Å². The molecular formula is C115H114N4NiS6-4. The number of aromatic nitrogens is 4. The predicted octanol–water partition coefficient (Wildman–Crippen LogP) is 22.4. The van der Waals surface area contributed by atoms with Gasteiger partial charge < -0.3 is 64.2 Å². The Bertz CT molecular complexity index is 5650. The van der Waals surface area contributed by atoms with Crippen molar-refractivity contribution in [1.82, 2.24) is 18.3 Å². The molecule has 0 aliphatic carbocycles. The van der Waals surface area contributed by atoms with Crippen LogP contribution in [0, 0.1) is 329 Å². The molecular weight excluding hydrogens is 1690 g/mol. The monoisotopic (exact) mass is 1800 g/mol. The predicted molar refractivity (Wildman–Crippen MR) is 539 cm³/mol. The number of unbranched alkanes of at least 4 members (excludes halogenated alkanes) is 45. The van der Waals surface area contributed by atoms with Crippen molar-refractivity contribution in [2.24, 2.45) is 0 Å². The van der Waals surface area contributed by atoms with Gasteiger partial charge in [0.2, 0.25) is 0 Å². The van der Waals surface area contributed by atoms with Crippen LogP contribution < -0.4 is 0 Å². The first-order chi connectivity index (χ1) is 61.8. The molecule has 0 amide bonds. The number of hydrogen-bond donors (Lipinski definition) is 0. The van der Waals surface area contributed by atoms with Gasteiger partial charge in [-0.1, -0.05) is 321 Å². The molecule has 0 saturated heterocycles. The second-order valence-electron chi connectivity index (χ2n) is 28.3. The minimum Gasteiger partial charge on any atom is -0.762 e. The zero-order valence-corrected chi connectivity index (χ0v) is 80.5. The molecule has 0 saturated carbocycles. The van der Waals surface area contributed by atoms with Crippen LogP contribution in [-0.4, -0.2) is 18.3 Å². The van der Waals surface area contributed by atoms with Gasteiger partial charge in [-0.05, 0) is 98.0 Å². The van der Waals surface area contributed by atoms with Gasteiger partial charge in [0, 0.05) is 303 Å². The maximum absolute atomic E-state index is 5.81. The molecule has 2 aromatic heterocycles. The summed E-state index contributed by atoms with van der Waals surface area (Å²) in [6, 6.07) is 2.88. The third-order valence-corrected chi connectivity index (χ3v) is 21.1. The molecule has 2 aromatic rings. The molecule has 2 rings (SSSR count). The van der Waals surface area contributed by atoms with Gasteiger partial charge in [0.25, 0.3) is 0 Å². The van der Waals surface area contributed by atoms with Crippen LogP contribution in [0.3, 0.4) is 0 Å². The third kappa shape index (κ3) is 73.8. The Labute approximate surface area is 807 Å². The van der Waals surface area contributed by atoms with Gasteiger partial charge in [-0.25, -0.2) is 0 Å². The van der Waals surface area contributed by atoms with Crippen molar-refractivity contribution >= 4 is 75.0 Å². The summed E-state index contributed by atoms with van der Waals surface area (Å²) in [6.07, 6.45) is 65.7. The van der Waals surface area contributed by atoms with E-state index >= 15 is 0 Å².